The number of fused-ring (bicyclic) bond motifs is 1. The predicted octanol–water partition coefficient (Wildman–Crippen LogP) is 4.08. The Morgan fingerprint density at radius 3 is 2.25 bits per heavy atom. The Hall–Kier alpha value is -1.91. The molecule has 1 aliphatic heterocycles. The van der Waals surface area contributed by atoms with Crippen molar-refractivity contribution in [3.8, 4) is 0 Å². The molecule has 0 amide bonds. The number of aryl methyl sites for hydroxylation is 2. The van der Waals surface area contributed by atoms with Crippen molar-refractivity contribution in [2.24, 2.45) is 0 Å². The van der Waals surface area contributed by atoms with Crippen LogP contribution in [0.2, 0.25) is 0 Å². The molecule has 0 atom stereocenters. The van der Waals surface area contributed by atoms with E-state index < -0.39 is 10.0 Å². The molecule has 1 heterocycles. The van der Waals surface area contributed by atoms with Gasteiger partial charge in [0.2, 0.25) is 10.0 Å². The molecule has 0 fully saturated rings. The van der Waals surface area contributed by atoms with Gasteiger partial charge in [0, 0.05) is 13.1 Å². The van der Waals surface area contributed by atoms with Crippen LogP contribution in [0.3, 0.4) is 0 Å². The van der Waals surface area contributed by atoms with Crippen molar-refractivity contribution < 1.29 is 8.42 Å². The van der Waals surface area contributed by atoms with Gasteiger partial charge in [0.1, 0.15) is 0 Å². The maximum atomic E-state index is 13.1. The van der Waals surface area contributed by atoms with Crippen LogP contribution in [-0.2, 0) is 23.0 Å². The number of rotatable bonds is 2. The summed E-state index contributed by atoms with van der Waals surface area (Å²) in [5.41, 5.74) is 4.61. The zero-order valence-corrected chi connectivity index (χ0v) is 15.0. The molecule has 0 aromatic heterocycles. The Morgan fingerprint density at radius 2 is 1.54 bits per heavy atom. The molecule has 4 heteroatoms. The summed E-state index contributed by atoms with van der Waals surface area (Å²) in [6, 6.07) is 15.2. The zero-order chi connectivity index (χ0) is 17.2. The third-order valence-electron chi connectivity index (χ3n) is 4.56. The summed E-state index contributed by atoms with van der Waals surface area (Å²) in [5.74, 6) is 0. The van der Waals surface area contributed by atoms with Gasteiger partial charge in [-0.15, -0.1) is 0 Å². The summed E-state index contributed by atoms with van der Waals surface area (Å²) in [5, 5.41) is 0. The molecule has 3 nitrogen and oxygen atoms in total. The summed E-state index contributed by atoms with van der Waals surface area (Å²) >= 11 is 0. The first-order valence-corrected chi connectivity index (χ1v) is 9.70. The van der Waals surface area contributed by atoms with Gasteiger partial charge in [0.15, 0.2) is 0 Å². The topological polar surface area (TPSA) is 37.4 Å². The summed E-state index contributed by atoms with van der Waals surface area (Å²) < 4.78 is 27.8. The van der Waals surface area contributed by atoms with Crippen LogP contribution in [0.5, 0.6) is 0 Å². The molecule has 0 bridgehead atoms. The van der Waals surface area contributed by atoms with Crippen LogP contribution in [0, 0.1) is 6.92 Å². The Bertz CT molecular complexity index is 851. The lowest BCUT2D eigenvalue weighted by Gasteiger charge is -2.22. The standard InChI is InChI=1S/C20H23NO2S/c1-16-8-11-20(12-9-16)24(22,23)21-14-13-17(2)7-10-18-5-3-4-6-19(18)15-21/h3-6,8-9,11-13H,7,10,14-15H2,1-2H3/b17-13-. The molecule has 0 unspecified atom stereocenters. The second kappa shape index (κ2) is 6.91. The van der Waals surface area contributed by atoms with Crippen molar-refractivity contribution >= 4 is 10.0 Å². The molecule has 0 saturated heterocycles. The Balaban J connectivity index is 2.01. The molecular weight excluding hydrogens is 318 g/mol. The van der Waals surface area contributed by atoms with Crippen molar-refractivity contribution in [3.05, 3.63) is 76.9 Å². The van der Waals surface area contributed by atoms with Crippen molar-refractivity contribution in [2.75, 3.05) is 6.54 Å². The van der Waals surface area contributed by atoms with Gasteiger partial charge in [-0.05, 0) is 49.9 Å². The molecule has 3 rings (SSSR count). The van der Waals surface area contributed by atoms with Crippen molar-refractivity contribution in [1.29, 1.82) is 0 Å². The summed E-state index contributed by atoms with van der Waals surface area (Å²) in [6.45, 7) is 4.86. The third-order valence-corrected chi connectivity index (χ3v) is 6.38. The number of hydrogen-bond donors (Lipinski definition) is 0. The molecule has 126 valence electrons. The predicted molar refractivity (Wildman–Crippen MR) is 97.3 cm³/mol. The number of nitrogens with zero attached hydrogens (tertiary/aromatic N) is 1. The molecule has 0 aliphatic carbocycles. The maximum Gasteiger partial charge on any atom is 0.243 e. The summed E-state index contributed by atoms with van der Waals surface area (Å²) in [6.07, 6.45) is 3.96. The van der Waals surface area contributed by atoms with Crippen molar-refractivity contribution in [2.45, 2.75) is 38.1 Å². The highest BCUT2D eigenvalue weighted by Gasteiger charge is 2.25. The van der Waals surface area contributed by atoms with E-state index in [1.54, 1.807) is 16.4 Å². The van der Waals surface area contributed by atoms with Crippen LogP contribution in [0.1, 0.15) is 30.0 Å². The molecule has 0 N–H and O–H groups in total. The van der Waals surface area contributed by atoms with E-state index in [0.29, 0.717) is 18.0 Å². The first-order chi connectivity index (χ1) is 11.5. The minimum atomic E-state index is -3.51. The van der Waals surface area contributed by atoms with E-state index in [2.05, 4.69) is 13.0 Å². The Kier molecular flexibility index (Phi) is 4.88. The van der Waals surface area contributed by atoms with Crippen LogP contribution in [0.4, 0.5) is 0 Å². The fourth-order valence-corrected chi connectivity index (χ4v) is 4.30. The van der Waals surface area contributed by atoms with E-state index in [0.717, 1.165) is 24.0 Å². The van der Waals surface area contributed by atoms with Gasteiger partial charge in [-0.2, -0.15) is 4.31 Å². The highest BCUT2D eigenvalue weighted by atomic mass is 32.2. The van der Waals surface area contributed by atoms with Crippen LogP contribution in [-0.4, -0.2) is 19.3 Å². The minimum absolute atomic E-state index is 0.357. The molecule has 24 heavy (non-hydrogen) atoms. The maximum absolute atomic E-state index is 13.1. The molecular formula is C20H23NO2S. The first kappa shape index (κ1) is 16.9. The molecule has 0 saturated carbocycles. The van der Waals surface area contributed by atoms with Gasteiger partial charge in [-0.1, -0.05) is 53.6 Å². The molecule has 2 aromatic carbocycles. The molecule has 2 aromatic rings. The zero-order valence-electron chi connectivity index (χ0n) is 14.2. The average Bonchev–Trinajstić information content (AvgIpc) is 2.65. The normalized spacial score (nSPS) is 18.7. The number of benzene rings is 2. The van der Waals surface area contributed by atoms with E-state index >= 15 is 0 Å². The van der Waals surface area contributed by atoms with E-state index in [-0.39, 0.29) is 0 Å². The van der Waals surface area contributed by atoms with E-state index in [4.69, 9.17) is 0 Å². The van der Waals surface area contributed by atoms with Crippen LogP contribution in [0.15, 0.2) is 65.1 Å². The van der Waals surface area contributed by atoms with Crippen LogP contribution in [0.25, 0.3) is 0 Å². The Labute approximate surface area is 144 Å². The van der Waals surface area contributed by atoms with E-state index in [1.165, 1.54) is 11.1 Å². The fraction of sp³-hybridized carbons (Fsp3) is 0.300. The lowest BCUT2D eigenvalue weighted by Crippen LogP contribution is -2.31. The van der Waals surface area contributed by atoms with Crippen LogP contribution >= 0.6 is 0 Å². The molecule has 0 spiro atoms. The number of hydrogen-bond acceptors (Lipinski definition) is 2. The Morgan fingerprint density at radius 1 is 0.875 bits per heavy atom. The monoisotopic (exact) mass is 341 g/mol. The van der Waals surface area contributed by atoms with Crippen LogP contribution < -0.4 is 0 Å². The van der Waals surface area contributed by atoms with Gasteiger partial charge >= 0.3 is 0 Å². The van der Waals surface area contributed by atoms with Gasteiger partial charge in [-0.3, -0.25) is 0 Å². The highest BCUT2D eigenvalue weighted by Crippen LogP contribution is 2.23. The number of sulfonamides is 1. The average molecular weight is 341 g/mol. The lowest BCUT2D eigenvalue weighted by atomic mass is 10.0. The van der Waals surface area contributed by atoms with Gasteiger partial charge in [-0.25, -0.2) is 8.42 Å². The largest absolute Gasteiger partial charge is 0.243 e. The van der Waals surface area contributed by atoms with Gasteiger partial charge < -0.3 is 0 Å². The van der Waals surface area contributed by atoms with Gasteiger partial charge in [0.05, 0.1) is 4.90 Å². The van der Waals surface area contributed by atoms with E-state index in [1.807, 2.05) is 43.3 Å². The third kappa shape index (κ3) is 3.60. The van der Waals surface area contributed by atoms with Crippen molar-refractivity contribution in [3.63, 3.8) is 0 Å². The molecule has 0 radical (unpaired) electrons. The number of allylic oxidation sites excluding steroid dienone is 1. The lowest BCUT2D eigenvalue weighted by molar-refractivity contribution is 0.437. The quantitative estimate of drug-likeness (QED) is 0.772. The highest BCUT2D eigenvalue weighted by molar-refractivity contribution is 7.89. The summed E-state index contributed by atoms with van der Waals surface area (Å²) in [4.78, 5) is 0.357. The first-order valence-electron chi connectivity index (χ1n) is 8.26. The molecule has 1 aliphatic rings. The van der Waals surface area contributed by atoms with Gasteiger partial charge in [0.25, 0.3) is 0 Å². The van der Waals surface area contributed by atoms with Crippen molar-refractivity contribution in [1.82, 2.24) is 4.31 Å². The second-order valence-electron chi connectivity index (χ2n) is 6.43. The smallest absolute Gasteiger partial charge is 0.207 e. The van der Waals surface area contributed by atoms with E-state index in [9.17, 15) is 8.42 Å². The SMILES string of the molecule is C/C1=C/CN(S(=O)(=O)c2ccc(C)cc2)Cc2ccccc2CC1. The minimum Gasteiger partial charge on any atom is -0.207 e. The fourth-order valence-electron chi connectivity index (χ4n) is 2.94. The summed E-state index contributed by atoms with van der Waals surface area (Å²) in [7, 11) is -3.51. The second-order valence-corrected chi connectivity index (χ2v) is 8.37.